The van der Waals surface area contributed by atoms with Crippen LogP contribution in [0.4, 0.5) is 22.0 Å². The topological polar surface area (TPSA) is 3.24 Å². The number of nitrogens with zero attached hydrogens (tertiary/aromatic N) is 1. The highest BCUT2D eigenvalue weighted by molar-refractivity contribution is 4.80. The van der Waals surface area contributed by atoms with Gasteiger partial charge in [0.2, 0.25) is 0 Å². The van der Waals surface area contributed by atoms with Gasteiger partial charge < -0.3 is 0 Å². The van der Waals surface area contributed by atoms with Crippen molar-refractivity contribution in [3.63, 3.8) is 0 Å². The third kappa shape index (κ3) is 1.53. The molecule has 1 aliphatic rings. The van der Waals surface area contributed by atoms with Crippen LogP contribution in [0, 0.1) is 0 Å². The van der Waals surface area contributed by atoms with Crippen LogP contribution in [-0.4, -0.2) is 30.2 Å². The molecule has 1 aliphatic heterocycles. The van der Waals surface area contributed by atoms with Crippen LogP contribution >= 0.6 is 0 Å². The first-order chi connectivity index (χ1) is 5.36. The quantitative estimate of drug-likeness (QED) is 0.451. The van der Waals surface area contributed by atoms with Gasteiger partial charge in [0.1, 0.15) is 0 Å². The molecular formula is C6H8F5N. The van der Waals surface area contributed by atoms with Gasteiger partial charge in [-0.1, -0.05) is 0 Å². The summed E-state index contributed by atoms with van der Waals surface area (Å²) in [6.07, 6.45) is -4.63. The van der Waals surface area contributed by atoms with Crippen LogP contribution in [0.1, 0.15) is 12.8 Å². The van der Waals surface area contributed by atoms with Crippen LogP contribution in [-0.2, 0) is 0 Å². The molecule has 1 fully saturated rings. The minimum atomic E-state index is -5.45. The fourth-order valence-corrected chi connectivity index (χ4v) is 1.18. The smallest absolute Gasteiger partial charge is 0.237 e. The van der Waals surface area contributed by atoms with Gasteiger partial charge in [0.15, 0.2) is 0 Å². The molecule has 1 nitrogen and oxygen atoms in total. The summed E-state index contributed by atoms with van der Waals surface area (Å²) in [5, 5.41) is 0. The van der Waals surface area contributed by atoms with E-state index in [9.17, 15) is 22.0 Å². The zero-order valence-corrected chi connectivity index (χ0v) is 6.17. The van der Waals surface area contributed by atoms with E-state index in [-0.39, 0.29) is 18.0 Å². The summed E-state index contributed by atoms with van der Waals surface area (Å²) < 4.78 is 60.0. The van der Waals surface area contributed by atoms with Gasteiger partial charge in [-0.25, -0.2) is 4.90 Å². The van der Waals surface area contributed by atoms with Crippen molar-refractivity contribution >= 4 is 0 Å². The summed E-state index contributed by atoms with van der Waals surface area (Å²) in [6.45, 7) is -0.348. The van der Waals surface area contributed by atoms with Crippen molar-refractivity contribution in [2.24, 2.45) is 0 Å². The van der Waals surface area contributed by atoms with Gasteiger partial charge in [0.05, 0.1) is 0 Å². The molecule has 0 N–H and O–H groups in total. The highest BCUT2D eigenvalue weighted by Crippen LogP contribution is 2.39. The van der Waals surface area contributed by atoms with E-state index >= 15 is 0 Å². The van der Waals surface area contributed by atoms with E-state index in [4.69, 9.17) is 0 Å². The zero-order valence-electron chi connectivity index (χ0n) is 6.17. The molecule has 6 heteroatoms. The predicted molar refractivity (Wildman–Crippen MR) is 31.8 cm³/mol. The lowest BCUT2D eigenvalue weighted by Gasteiger charge is -2.28. The SMILES string of the molecule is FC(F)(F)C(F)(F)N1CCCC1. The molecule has 0 bridgehead atoms. The molecule has 0 aromatic heterocycles. The van der Waals surface area contributed by atoms with Crippen molar-refractivity contribution in [3.8, 4) is 0 Å². The lowest BCUT2D eigenvalue weighted by Crippen LogP contribution is -2.50. The van der Waals surface area contributed by atoms with Gasteiger partial charge in [-0.15, -0.1) is 0 Å². The van der Waals surface area contributed by atoms with Crippen LogP contribution in [0.25, 0.3) is 0 Å². The average molecular weight is 189 g/mol. The maximum atomic E-state index is 12.4. The van der Waals surface area contributed by atoms with E-state index in [0.717, 1.165) is 0 Å². The number of hydrogen-bond donors (Lipinski definition) is 0. The summed E-state index contributed by atoms with van der Waals surface area (Å²) in [5.74, 6) is 0. The molecule has 0 atom stereocenters. The normalized spacial score (nSPS) is 21.8. The lowest BCUT2D eigenvalue weighted by atomic mass is 10.4. The van der Waals surface area contributed by atoms with Crippen molar-refractivity contribution in [1.82, 2.24) is 4.90 Å². The highest BCUT2D eigenvalue weighted by Gasteiger charge is 2.61. The fourth-order valence-electron chi connectivity index (χ4n) is 1.18. The van der Waals surface area contributed by atoms with Gasteiger partial charge in [0.25, 0.3) is 0 Å². The number of alkyl halides is 5. The molecule has 1 rings (SSSR count). The third-order valence-electron chi connectivity index (χ3n) is 1.84. The van der Waals surface area contributed by atoms with E-state index in [1.54, 1.807) is 0 Å². The van der Waals surface area contributed by atoms with E-state index in [1.165, 1.54) is 0 Å². The minimum Gasteiger partial charge on any atom is -0.237 e. The highest BCUT2D eigenvalue weighted by atomic mass is 19.4. The number of hydrogen-bond acceptors (Lipinski definition) is 1. The first-order valence-corrected chi connectivity index (χ1v) is 3.55. The second-order valence-corrected chi connectivity index (χ2v) is 2.73. The number of likely N-dealkylation sites (tertiary alicyclic amines) is 1. The lowest BCUT2D eigenvalue weighted by molar-refractivity contribution is -0.337. The Morgan fingerprint density at radius 3 is 1.58 bits per heavy atom. The largest absolute Gasteiger partial charge is 0.469 e. The molecule has 0 aromatic carbocycles. The monoisotopic (exact) mass is 189 g/mol. The molecular weight excluding hydrogens is 181 g/mol. The zero-order chi connectivity index (χ0) is 9.41. The van der Waals surface area contributed by atoms with Gasteiger partial charge in [-0.3, -0.25) is 0 Å². The summed E-state index contributed by atoms with van der Waals surface area (Å²) in [5.41, 5.74) is 0. The van der Waals surface area contributed by atoms with Crippen LogP contribution in [0.15, 0.2) is 0 Å². The van der Waals surface area contributed by atoms with Crippen molar-refractivity contribution in [2.45, 2.75) is 25.1 Å². The standard InChI is InChI=1S/C6H8F5N/c7-5(8,9)6(10,11)12-3-1-2-4-12/h1-4H2. The Bertz CT molecular complexity index is 158. The molecule has 12 heavy (non-hydrogen) atoms. The Hall–Kier alpha value is -0.390. The van der Waals surface area contributed by atoms with Crippen molar-refractivity contribution in [3.05, 3.63) is 0 Å². The molecule has 1 saturated heterocycles. The Morgan fingerprint density at radius 1 is 0.833 bits per heavy atom. The molecule has 0 radical (unpaired) electrons. The minimum absolute atomic E-state index is 0.174. The van der Waals surface area contributed by atoms with Gasteiger partial charge in [-0.05, 0) is 12.8 Å². The van der Waals surface area contributed by atoms with Gasteiger partial charge in [0, 0.05) is 13.1 Å². The van der Waals surface area contributed by atoms with Crippen molar-refractivity contribution < 1.29 is 22.0 Å². The van der Waals surface area contributed by atoms with E-state index in [2.05, 4.69) is 0 Å². The molecule has 0 aliphatic carbocycles. The number of halogens is 5. The Balaban J connectivity index is 2.69. The van der Waals surface area contributed by atoms with Crippen LogP contribution in [0.5, 0.6) is 0 Å². The van der Waals surface area contributed by atoms with Crippen molar-refractivity contribution in [1.29, 1.82) is 0 Å². The Kier molecular flexibility index (Phi) is 2.29. The summed E-state index contributed by atoms with van der Waals surface area (Å²) >= 11 is 0. The second-order valence-electron chi connectivity index (χ2n) is 2.73. The molecule has 0 saturated carbocycles. The molecule has 0 unspecified atom stereocenters. The summed E-state index contributed by atoms with van der Waals surface area (Å²) in [4.78, 5) is 0.174. The summed E-state index contributed by atoms with van der Waals surface area (Å²) in [6, 6.07) is -4.65. The van der Waals surface area contributed by atoms with Crippen LogP contribution in [0.3, 0.4) is 0 Å². The fraction of sp³-hybridized carbons (Fsp3) is 1.00. The first kappa shape index (κ1) is 9.70. The van der Waals surface area contributed by atoms with Crippen LogP contribution < -0.4 is 0 Å². The van der Waals surface area contributed by atoms with E-state index < -0.39 is 12.2 Å². The first-order valence-electron chi connectivity index (χ1n) is 3.55. The Labute approximate surface area is 66.1 Å². The van der Waals surface area contributed by atoms with Gasteiger partial charge >= 0.3 is 12.2 Å². The van der Waals surface area contributed by atoms with Crippen molar-refractivity contribution in [2.75, 3.05) is 13.1 Å². The molecule has 1 heterocycles. The summed E-state index contributed by atoms with van der Waals surface area (Å²) in [7, 11) is 0. The molecule has 0 amide bonds. The third-order valence-corrected chi connectivity index (χ3v) is 1.84. The van der Waals surface area contributed by atoms with E-state index in [0.29, 0.717) is 12.8 Å². The molecule has 0 spiro atoms. The van der Waals surface area contributed by atoms with Gasteiger partial charge in [-0.2, -0.15) is 22.0 Å². The number of rotatable bonds is 1. The molecule has 0 aromatic rings. The average Bonchev–Trinajstić information content (AvgIpc) is 2.34. The van der Waals surface area contributed by atoms with E-state index in [1.807, 2.05) is 0 Å². The second kappa shape index (κ2) is 2.83. The maximum absolute atomic E-state index is 12.4. The predicted octanol–water partition coefficient (Wildman–Crippen LogP) is 2.24. The maximum Gasteiger partial charge on any atom is 0.469 e. The molecule has 72 valence electrons. The van der Waals surface area contributed by atoms with Crippen LogP contribution in [0.2, 0.25) is 0 Å². The Morgan fingerprint density at radius 2 is 1.25 bits per heavy atom.